The summed E-state index contributed by atoms with van der Waals surface area (Å²) in [6.45, 7) is 3.59. The largest absolute Gasteiger partial charge is 0.459 e. The van der Waals surface area contributed by atoms with Crippen molar-refractivity contribution >= 4 is 17.5 Å². The van der Waals surface area contributed by atoms with Crippen LogP contribution in [-0.2, 0) is 11.8 Å². The summed E-state index contributed by atoms with van der Waals surface area (Å²) in [6, 6.07) is 9.63. The van der Waals surface area contributed by atoms with E-state index in [4.69, 9.17) is 4.74 Å². The van der Waals surface area contributed by atoms with Crippen molar-refractivity contribution in [3.05, 3.63) is 54.6 Å². The molecular weight excluding hydrogens is 318 g/mol. The number of nitrogens with one attached hydrogen (secondary N) is 1. The van der Waals surface area contributed by atoms with E-state index in [9.17, 15) is 4.79 Å². The molecule has 0 spiro atoms. The number of esters is 1. The highest BCUT2D eigenvalue weighted by molar-refractivity contribution is 5.95. The minimum absolute atomic E-state index is 0.221. The van der Waals surface area contributed by atoms with Crippen LogP contribution in [0.15, 0.2) is 49.1 Å². The second-order valence-corrected chi connectivity index (χ2v) is 5.78. The minimum atomic E-state index is -0.464. The lowest BCUT2D eigenvalue weighted by molar-refractivity contribution is 0.0378. The maximum atomic E-state index is 12.3. The van der Waals surface area contributed by atoms with Gasteiger partial charge in [0.1, 0.15) is 17.7 Å². The first kappa shape index (κ1) is 16.6. The summed E-state index contributed by atoms with van der Waals surface area (Å²) in [6.07, 6.45) is 4.49. The molecule has 1 N–H and O–H groups in total. The van der Waals surface area contributed by atoms with E-state index in [0.717, 1.165) is 16.9 Å². The molecule has 7 nitrogen and oxygen atoms in total. The molecule has 0 amide bonds. The van der Waals surface area contributed by atoms with E-state index >= 15 is 0 Å². The Morgan fingerprint density at radius 3 is 2.76 bits per heavy atom. The van der Waals surface area contributed by atoms with Crippen LogP contribution in [0.3, 0.4) is 0 Å². The Hall–Kier alpha value is -3.22. The second-order valence-electron chi connectivity index (χ2n) is 5.78. The minimum Gasteiger partial charge on any atom is -0.459 e. The van der Waals surface area contributed by atoms with Crippen LogP contribution in [0.4, 0.5) is 11.5 Å². The molecule has 0 fully saturated rings. The Morgan fingerprint density at radius 2 is 2.04 bits per heavy atom. The molecule has 0 unspecified atom stereocenters. The Morgan fingerprint density at radius 1 is 1.24 bits per heavy atom. The normalized spacial score (nSPS) is 10.7. The van der Waals surface area contributed by atoms with Crippen molar-refractivity contribution in [1.82, 2.24) is 19.7 Å². The van der Waals surface area contributed by atoms with Crippen LogP contribution in [-0.4, -0.2) is 31.8 Å². The topological polar surface area (TPSA) is 81.9 Å². The number of ether oxygens (including phenoxy) is 1. The monoisotopic (exact) mass is 337 g/mol. The van der Waals surface area contributed by atoms with Gasteiger partial charge < -0.3 is 10.1 Å². The lowest BCUT2D eigenvalue weighted by atomic mass is 10.1. The lowest BCUT2D eigenvalue weighted by Crippen LogP contribution is -2.14. The SMILES string of the molecule is CC(C)OC(=O)c1cncnc1Nc1ccccc1-c1ccn(C)n1. The zero-order chi connectivity index (χ0) is 17.8. The van der Waals surface area contributed by atoms with Gasteiger partial charge in [0.2, 0.25) is 0 Å². The smallest absolute Gasteiger partial charge is 0.343 e. The number of carbonyl (C=O) groups excluding carboxylic acids is 1. The van der Waals surface area contributed by atoms with Crippen molar-refractivity contribution in [3.63, 3.8) is 0 Å². The molecule has 0 radical (unpaired) electrons. The molecule has 3 rings (SSSR count). The fourth-order valence-corrected chi connectivity index (χ4v) is 2.36. The number of benzene rings is 1. The molecule has 25 heavy (non-hydrogen) atoms. The summed E-state index contributed by atoms with van der Waals surface area (Å²) < 4.78 is 7.00. The number of nitrogens with zero attached hydrogens (tertiary/aromatic N) is 4. The molecule has 2 aromatic heterocycles. The van der Waals surface area contributed by atoms with Crippen LogP contribution in [0, 0.1) is 0 Å². The molecule has 0 saturated heterocycles. The van der Waals surface area contributed by atoms with Gasteiger partial charge in [-0.25, -0.2) is 14.8 Å². The third-order valence-corrected chi connectivity index (χ3v) is 3.44. The van der Waals surface area contributed by atoms with E-state index in [1.165, 1.54) is 12.5 Å². The maximum absolute atomic E-state index is 12.3. The maximum Gasteiger partial charge on any atom is 0.343 e. The molecule has 0 atom stereocenters. The molecule has 0 saturated carbocycles. The van der Waals surface area contributed by atoms with Gasteiger partial charge in [-0.2, -0.15) is 5.10 Å². The summed E-state index contributed by atoms with van der Waals surface area (Å²) in [7, 11) is 1.87. The predicted molar refractivity (Wildman–Crippen MR) is 94.5 cm³/mol. The van der Waals surface area contributed by atoms with Crippen LogP contribution >= 0.6 is 0 Å². The van der Waals surface area contributed by atoms with Crippen molar-refractivity contribution in [2.75, 3.05) is 5.32 Å². The number of carbonyl (C=O) groups is 1. The molecule has 128 valence electrons. The summed E-state index contributed by atoms with van der Waals surface area (Å²) >= 11 is 0. The van der Waals surface area contributed by atoms with E-state index in [0.29, 0.717) is 5.82 Å². The zero-order valence-corrected chi connectivity index (χ0v) is 14.3. The van der Waals surface area contributed by atoms with Gasteiger partial charge in [0, 0.05) is 30.7 Å². The Kier molecular flexibility index (Phi) is 4.74. The van der Waals surface area contributed by atoms with Gasteiger partial charge >= 0.3 is 5.97 Å². The van der Waals surface area contributed by atoms with E-state index in [1.807, 2.05) is 43.6 Å². The van der Waals surface area contributed by atoms with Crippen LogP contribution in [0.25, 0.3) is 11.3 Å². The first-order chi connectivity index (χ1) is 12.0. The van der Waals surface area contributed by atoms with Crippen molar-refractivity contribution in [2.45, 2.75) is 20.0 Å². The highest BCUT2D eigenvalue weighted by atomic mass is 16.5. The van der Waals surface area contributed by atoms with E-state index in [2.05, 4.69) is 20.4 Å². The van der Waals surface area contributed by atoms with Crippen LogP contribution in [0.1, 0.15) is 24.2 Å². The van der Waals surface area contributed by atoms with Crippen molar-refractivity contribution < 1.29 is 9.53 Å². The molecule has 1 aromatic carbocycles. The standard InChI is InChI=1S/C18H19N5O2/c1-12(2)25-18(24)14-10-19-11-20-17(14)21-15-7-5-4-6-13(15)16-8-9-23(3)22-16/h4-12H,1-3H3,(H,19,20,21). The molecule has 3 aromatic rings. The molecule has 7 heteroatoms. The van der Waals surface area contributed by atoms with Crippen molar-refractivity contribution in [1.29, 1.82) is 0 Å². The molecule has 0 aliphatic carbocycles. The summed E-state index contributed by atoms with van der Waals surface area (Å²) in [4.78, 5) is 20.4. The second kappa shape index (κ2) is 7.12. The summed E-state index contributed by atoms with van der Waals surface area (Å²) in [5.74, 6) is -0.0718. The Bertz CT molecular complexity index is 888. The van der Waals surface area contributed by atoms with Gasteiger partial charge in [-0.3, -0.25) is 4.68 Å². The fourth-order valence-electron chi connectivity index (χ4n) is 2.36. The molecule has 0 aliphatic rings. The van der Waals surface area contributed by atoms with Gasteiger partial charge in [0.25, 0.3) is 0 Å². The van der Waals surface area contributed by atoms with Gasteiger partial charge in [-0.1, -0.05) is 18.2 Å². The fraction of sp³-hybridized carbons (Fsp3) is 0.222. The first-order valence-electron chi connectivity index (χ1n) is 7.91. The molecular formula is C18H19N5O2. The number of hydrogen-bond acceptors (Lipinski definition) is 6. The zero-order valence-electron chi connectivity index (χ0n) is 14.3. The number of aromatic nitrogens is 4. The van der Waals surface area contributed by atoms with E-state index < -0.39 is 5.97 Å². The first-order valence-corrected chi connectivity index (χ1v) is 7.91. The average molecular weight is 337 g/mol. The average Bonchev–Trinajstić information content (AvgIpc) is 3.01. The van der Waals surface area contributed by atoms with Crippen LogP contribution in [0.2, 0.25) is 0 Å². The highest BCUT2D eigenvalue weighted by Crippen LogP contribution is 2.29. The molecule has 0 bridgehead atoms. The predicted octanol–water partition coefficient (Wildman–Crippen LogP) is 3.19. The van der Waals surface area contributed by atoms with Crippen LogP contribution < -0.4 is 5.32 Å². The van der Waals surface area contributed by atoms with Gasteiger partial charge in [-0.15, -0.1) is 0 Å². The van der Waals surface area contributed by atoms with Crippen molar-refractivity contribution in [2.24, 2.45) is 7.05 Å². The number of rotatable bonds is 5. The summed E-state index contributed by atoms with van der Waals surface area (Å²) in [5, 5.41) is 7.63. The third kappa shape index (κ3) is 3.82. The van der Waals surface area contributed by atoms with Gasteiger partial charge in [0.05, 0.1) is 11.8 Å². The molecule has 2 heterocycles. The van der Waals surface area contributed by atoms with E-state index in [-0.39, 0.29) is 11.7 Å². The number of hydrogen-bond donors (Lipinski definition) is 1. The van der Waals surface area contributed by atoms with Gasteiger partial charge in [0.15, 0.2) is 0 Å². The van der Waals surface area contributed by atoms with Gasteiger partial charge in [-0.05, 0) is 26.0 Å². The Labute approximate surface area is 145 Å². The summed E-state index contributed by atoms with van der Waals surface area (Å²) in [5.41, 5.74) is 2.81. The number of para-hydroxylation sites is 1. The molecule has 0 aliphatic heterocycles. The van der Waals surface area contributed by atoms with Crippen molar-refractivity contribution in [3.8, 4) is 11.3 Å². The van der Waals surface area contributed by atoms with Crippen LogP contribution in [0.5, 0.6) is 0 Å². The van der Waals surface area contributed by atoms with E-state index in [1.54, 1.807) is 18.5 Å². The third-order valence-electron chi connectivity index (χ3n) is 3.44. The quantitative estimate of drug-likeness (QED) is 0.720. The Balaban J connectivity index is 1.95. The lowest BCUT2D eigenvalue weighted by Gasteiger charge is -2.13. The number of aryl methyl sites for hydroxylation is 1. The highest BCUT2D eigenvalue weighted by Gasteiger charge is 2.17. The number of anilines is 2.